The summed E-state index contributed by atoms with van der Waals surface area (Å²) < 4.78 is 4.69. The Labute approximate surface area is 159 Å². The first kappa shape index (κ1) is 19.4. The molecule has 3 rings (SSSR count). The molecule has 2 fully saturated rings. The van der Waals surface area contributed by atoms with Crippen LogP contribution in [0.2, 0.25) is 0 Å². The Bertz CT molecular complexity index is 673. The zero-order chi connectivity index (χ0) is 19.2. The van der Waals surface area contributed by atoms with Crippen LogP contribution in [0.15, 0.2) is 30.3 Å². The third-order valence-corrected chi connectivity index (χ3v) is 5.40. The van der Waals surface area contributed by atoms with Gasteiger partial charge in [-0.3, -0.25) is 19.4 Å². The lowest BCUT2D eigenvalue weighted by Crippen LogP contribution is -2.36. The zero-order valence-corrected chi connectivity index (χ0v) is 15.7. The summed E-state index contributed by atoms with van der Waals surface area (Å²) in [7, 11) is 1.32. The number of urea groups is 1. The maximum Gasteiger partial charge on any atom is 0.331 e. The molecule has 27 heavy (non-hydrogen) atoms. The second-order valence-electron chi connectivity index (χ2n) is 7.09. The number of carbonyl (C=O) groups is 3. The zero-order valence-electron chi connectivity index (χ0n) is 15.7. The highest BCUT2D eigenvalue weighted by Gasteiger charge is 2.45. The molecule has 2 aliphatic rings. The average molecular weight is 373 g/mol. The van der Waals surface area contributed by atoms with Gasteiger partial charge in [0.05, 0.1) is 7.11 Å². The summed E-state index contributed by atoms with van der Waals surface area (Å²) in [6, 6.07) is 8.20. The number of anilines is 1. The normalized spacial score (nSPS) is 21.0. The first-order chi connectivity index (χ1) is 13.1. The Hall–Kier alpha value is -2.41. The van der Waals surface area contributed by atoms with E-state index in [-0.39, 0.29) is 30.7 Å². The van der Waals surface area contributed by atoms with Crippen LogP contribution in [0.5, 0.6) is 0 Å². The van der Waals surface area contributed by atoms with Gasteiger partial charge in [-0.2, -0.15) is 0 Å². The molecule has 1 aromatic rings. The van der Waals surface area contributed by atoms with Crippen molar-refractivity contribution in [2.24, 2.45) is 5.92 Å². The minimum atomic E-state index is -0.660. The van der Waals surface area contributed by atoms with Gasteiger partial charge < -0.3 is 10.1 Å². The van der Waals surface area contributed by atoms with E-state index < -0.39 is 6.04 Å². The monoisotopic (exact) mass is 373 g/mol. The predicted octanol–water partition coefficient (Wildman–Crippen LogP) is 2.17. The van der Waals surface area contributed by atoms with Crippen LogP contribution >= 0.6 is 0 Å². The van der Waals surface area contributed by atoms with Crippen LogP contribution in [0.25, 0.3) is 0 Å². The van der Waals surface area contributed by atoms with Crippen LogP contribution in [0.4, 0.5) is 10.5 Å². The molecule has 0 bridgehead atoms. The van der Waals surface area contributed by atoms with Crippen molar-refractivity contribution in [3.8, 4) is 0 Å². The van der Waals surface area contributed by atoms with E-state index in [4.69, 9.17) is 4.74 Å². The fraction of sp³-hybridized carbons (Fsp3) is 0.550. The number of ether oxygens (including phenoxy) is 1. The van der Waals surface area contributed by atoms with Gasteiger partial charge in [-0.05, 0) is 56.8 Å². The molecular formula is C20H27N3O4. The molecule has 2 aliphatic heterocycles. The first-order valence-electron chi connectivity index (χ1n) is 9.59. The van der Waals surface area contributed by atoms with E-state index in [9.17, 15) is 14.4 Å². The number of hydrogen-bond donors (Lipinski definition) is 1. The van der Waals surface area contributed by atoms with Gasteiger partial charge in [0.2, 0.25) is 0 Å². The standard InChI is InChI=1S/C20H27N3O4/c1-27-18(24)8-7-17-19(25)22(14-11-15-9-12-21-13-10-15)20(26)23(17)16-5-3-2-4-6-16/h2-6,15,17,21H,7-14H2,1H3. The second kappa shape index (κ2) is 8.99. The Morgan fingerprint density at radius 3 is 2.52 bits per heavy atom. The van der Waals surface area contributed by atoms with E-state index in [1.807, 2.05) is 30.3 Å². The quantitative estimate of drug-likeness (QED) is 0.585. The highest BCUT2D eigenvalue weighted by molar-refractivity contribution is 6.14. The highest BCUT2D eigenvalue weighted by Crippen LogP contribution is 2.29. The topological polar surface area (TPSA) is 79.0 Å². The van der Waals surface area contributed by atoms with Crippen molar-refractivity contribution in [2.75, 3.05) is 31.6 Å². The van der Waals surface area contributed by atoms with Gasteiger partial charge in [0.1, 0.15) is 6.04 Å². The molecule has 2 saturated heterocycles. The third-order valence-electron chi connectivity index (χ3n) is 5.40. The average Bonchev–Trinajstić information content (AvgIpc) is 2.95. The maximum atomic E-state index is 13.0. The van der Waals surface area contributed by atoms with Crippen LogP contribution in [0, 0.1) is 5.92 Å². The lowest BCUT2D eigenvalue weighted by atomic mass is 9.94. The largest absolute Gasteiger partial charge is 0.469 e. The number of hydrogen-bond acceptors (Lipinski definition) is 5. The van der Waals surface area contributed by atoms with Crippen molar-refractivity contribution in [3.63, 3.8) is 0 Å². The Morgan fingerprint density at radius 2 is 1.85 bits per heavy atom. The number of imide groups is 1. The van der Waals surface area contributed by atoms with Crippen molar-refractivity contribution in [1.29, 1.82) is 0 Å². The highest BCUT2D eigenvalue weighted by atomic mass is 16.5. The number of nitrogens with one attached hydrogen (secondary N) is 1. The number of esters is 1. The number of rotatable bonds is 7. The summed E-state index contributed by atoms with van der Waals surface area (Å²) in [5.41, 5.74) is 0.676. The van der Waals surface area contributed by atoms with Gasteiger partial charge in [-0.1, -0.05) is 18.2 Å². The summed E-state index contributed by atoms with van der Waals surface area (Å²) in [4.78, 5) is 40.4. The number of benzene rings is 1. The van der Waals surface area contributed by atoms with Gasteiger partial charge in [-0.15, -0.1) is 0 Å². The fourth-order valence-electron chi connectivity index (χ4n) is 3.82. The molecule has 1 aromatic carbocycles. The molecule has 146 valence electrons. The SMILES string of the molecule is COC(=O)CCC1C(=O)N(CCC2CCNCC2)C(=O)N1c1ccccc1. The van der Waals surface area contributed by atoms with E-state index in [2.05, 4.69) is 5.32 Å². The number of amides is 3. The second-order valence-corrected chi connectivity index (χ2v) is 7.09. The van der Waals surface area contributed by atoms with Gasteiger partial charge >= 0.3 is 12.0 Å². The summed E-state index contributed by atoms with van der Waals surface area (Å²) in [5.74, 6) is -0.0655. The lowest BCUT2D eigenvalue weighted by Gasteiger charge is -2.24. The van der Waals surface area contributed by atoms with Crippen LogP contribution in [-0.4, -0.2) is 55.6 Å². The van der Waals surface area contributed by atoms with Crippen molar-refractivity contribution < 1.29 is 19.1 Å². The van der Waals surface area contributed by atoms with E-state index in [0.29, 0.717) is 18.2 Å². The molecule has 1 atom stereocenters. The summed E-state index contributed by atoms with van der Waals surface area (Å²) in [5, 5.41) is 3.33. The molecule has 1 N–H and O–H groups in total. The van der Waals surface area contributed by atoms with Gasteiger partial charge in [0.15, 0.2) is 0 Å². The number of para-hydroxylation sites is 1. The minimum absolute atomic E-state index is 0.103. The third kappa shape index (κ3) is 4.47. The van der Waals surface area contributed by atoms with Crippen molar-refractivity contribution in [3.05, 3.63) is 30.3 Å². The Morgan fingerprint density at radius 1 is 1.15 bits per heavy atom. The van der Waals surface area contributed by atoms with E-state index in [1.54, 1.807) is 0 Å². The summed E-state index contributed by atoms with van der Waals surface area (Å²) in [6.07, 6.45) is 3.34. The van der Waals surface area contributed by atoms with E-state index >= 15 is 0 Å². The van der Waals surface area contributed by atoms with Crippen LogP contribution in [-0.2, 0) is 14.3 Å². The predicted molar refractivity (Wildman–Crippen MR) is 101 cm³/mol. The van der Waals surface area contributed by atoms with Crippen molar-refractivity contribution >= 4 is 23.6 Å². The number of methoxy groups -OCH3 is 1. The van der Waals surface area contributed by atoms with Crippen LogP contribution in [0.1, 0.15) is 32.1 Å². The molecule has 1 unspecified atom stereocenters. The minimum Gasteiger partial charge on any atom is -0.469 e. The lowest BCUT2D eigenvalue weighted by molar-refractivity contribution is -0.140. The Kier molecular flexibility index (Phi) is 6.45. The molecular weight excluding hydrogens is 346 g/mol. The molecule has 0 radical (unpaired) electrons. The summed E-state index contributed by atoms with van der Waals surface area (Å²) >= 11 is 0. The van der Waals surface area contributed by atoms with Crippen molar-refractivity contribution in [2.45, 2.75) is 38.1 Å². The molecule has 0 saturated carbocycles. The van der Waals surface area contributed by atoms with Crippen molar-refractivity contribution in [1.82, 2.24) is 10.2 Å². The molecule has 3 amide bonds. The Balaban J connectivity index is 1.73. The molecule has 2 heterocycles. The molecule has 0 spiro atoms. The van der Waals surface area contributed by atoms with E-state index in [1.165, 1.54) is 16.9 Å². The van der Waals surface area contributed by atoms with Crippen LogP contribution < -0.4 is 10.2 Å². The molecule has 0 aliphatic carbocycles. The molecule has 7 heteroatoms. The smallest absolute Gasteiger partial charge is 0.331 e. The number of carbonyl (C=O) groups excluding carboxylic acids is 3. The van der Waals surface area contributed by atoms with Crippen LogP contribution in [0.3, 0.4) is 0 Å². The number of nitrogens with zero attached hydrogens (tertiary/aromatic N) is 2. The number of piperidine rings is 1. The molecule has 7 nitrogen and oxygen atoms in total. The maximum absolute atomic E-state index is 13.0. The van der Waals surface area contributed by atoms with E-state index in [0.717, 1.165) is 32.4 Å². The van der Waals surface area contributed by atoms with Gasteiger partial charge in [0, 0.05) is 18.7 Å². The van der Waals surface area contributed by atoms with Gasteiger partial charge in [0.25, 0.3) is 5.91 Å². The van der Waals surface area contributed by atoms with Gasteiger partial charge in [-0.25, -0.2) is 4.79 Å². The fourth-order valence-corrected chi connectivity index (χ4v) is 3.82. The summed E-state index contributed by atoms with van der Waals surface area (Å²) in [6.45, 7) is 2.41. The first-order valence-corrected chi connectivity index (χ1v) is 9.59. The molecule has 0 aromatic heterocycles.